The zero-order valence-corrected chi connectivity index (χ0v) is 15.5. The monoisotopic (exact) mass is 341 g/mol. The van der Waals surface area contributed by atoms with Crippen molar-refractivity contribution in [1.29, 1.82) is 0 Å². The number of nitrogens with one attached hydrogen (secondary N) is 2. The highest BCUT2D eigenvalue weighted by molar-refractivity contribution is 5.92. The molecule has 1 aromatic carbocycles. The first-order valence-electron chi connectivity index (χ1n) is 8.52. The van der Waals surface area contributed by atoms with Crippen LogP contribution in [0.15, 0.2) is 30.3 Å². The Kier molecular flexibility index (Phi) is 6.89. The summed E-state index contributed by atoms with van der Waals surface area (Å²) in [6.45, 7) is 6.08. The molecule has 0 aliphatic heterocycles. The topological polar surface area (TPSA) is 70.2 Å². The Bertz CT molecular complexity index is 697. The van der Waals surface area contributed by atoms with Gasteiger partial charge in [0.25, 0.3) is 5.91 Å². The normalized spacial score (nSPS) is 10.8. The lowest BCUT2D eigenvalue weighted by molar-refractivity contribution is 0.0947. The first kappa shape index (κ1) is 18.9. The van der Waals surface area contributed by atoms with Gasteiger partial charge in [-0.25, -0.2) is 9.97 Å². The molecule has 25 heavy (non-hydrogen) atoms. The van der Waals surface area contributed by atoms with Gasteiger partial charge in [-0.2, -0.15) is 0 Å². The lowest BCUT2D eigenvalue weighted by Gasteiger charge is -2.11. The van der Waals surface area contributed by atoms with Gasteiger partial charge < -0.3 is 15.5 Å². The molecule has 0 bridgehead atoms. The van der Waals surface area contributed by atoms with Crippen molar-refractivity contribution in [2.75, 3.05) is 32.5 Å². The van der Waals surface area contributed by atoms with Gasteiger partial charge in [-0.1, -0.05) is 29.8 Å². The largest absolute Gasteiger partial charge is 0.366 e. The van der Waals surface area contributed by atoms with E-state index < -0.39 is 0 Å². The van der Waals surface area contributed by atoms with Gasteiger partial charge in [-0.05, 0) is 46.5 Å². The number of aryl methyl sites for hydroxylation is 2. The lowest BCUT2D eigenvalue weighted by atomic mass is 10.1. The molecule has 2 N–H and O–H groups in total. The Morgan fingerprint density at radius 2 is 1.84 bits per heavy atom. The van der Waals surface area contributed by atoms with E-state index in [1.807, 2.05) is 14.1 Å². The number of hydrogen-bond donors (Lipinski definition) is 2. The standard InChI is InChI=1S/C19H27N5O/c1-14-6-8-16(9-7-14)13-21-18-12-17(22-15(2)23-18)19(25)20-10-5-11-24(3)4/h6-9,12H,5,10-11,13H2,1-4H3,(H,20,25)(H,21,22,23). The fraction of sp³-hybridized carbons (Fsp3) is 0.421. The predicted octanol–water partition coefficient (Wildman–Crippen LogP) is 2.39. The highest BCUT2D eigenvalue weighted by Crippen LogP contribution is 2.10. The first-order valence-corrected chi connectivity index (χ1v) is 8.52. The summed E-state index contributed by atoms with van der Waals surface area (Å²) in [4.78, 5) is 23.0. The van der Waals surface area contributed by atoms with Crippen LogP contribution in [0.25, 0.3) is 0 Å². The highest BCUT2D eigenvalue weighted by atomic mass is 16.1. The Balaban J connectivity index is 1.94. The summed E-state index contributed by atoms with van der Waals surface area (Å²) in [6.07, 6.45) is 0.904. The second-order valence-electron chi connectivity index (χ2n) is 6.44. The Labute approximate surface area is 149 Å². The zero-order valence-electron chi connectivity index (χ0n) is 15.5. The number of rotatable bonds is 8. The molecule has 0 aliphatic rings. The number of nitrogens with zero attached hydrogens (tertiary/aromatic N) is 3. The van der Waals surface area contributed by atoms with Crippen LogP contribution < -0.4 is 10.6 Å². The van der Waals surface area contributed by atoms with Crippen LogP contribution in [0.2, 0.25) is 0 Å². The van der Waals surface area contributed by atoms with E-state index in [9.17, 15) is 4.79 Å². The highest BCUT2D eigenvalue weighted by Gasteiger charge is 2.10. The van der Waals surface area contributed by atoms with Crippen molar-refractivity contribution in [2.45, 2.75) is 26.8 Å². The molecular weight excluding hydrogens is 314 g/mol. The van der Waals surface area contributed by atoms with Gasteiger partial charge >= 0.3 is 0 Å². The van der Waals surface area contributed by atoms with Crippen LogP contribution in [0, 0.1) is 13.8 Å². The number of benzene rings is 1. The van der Waals surface area contributed by atoms with E-state index >= 15 is 0 Å². The van der Waals surface area contributed by atoms with E-state index in [0.29, 0.717) is 30.4 Å². The maximum absolute atomic E-state index is 12.3. The third-order valence-electron chi connectivity index (χ3n) is 3.73. The SMILES string of the molecule is Cc1ccc(CNc2cc(C(=O)NCCCN(C)C)nc(C)n2)cc1. The zero-order chi connectivity index (χ0) is 18.2. The van der Waals surface area contributed by atoms with Crippen LogP contribution in [0.5, 0.6) is 0 Å². The molecule has 0 radical (unpaired) electrons. The molecule has 1 aromatic heterocycles. The summed E-state index contributed by atoms with van der Waals surface area (Å²) in [5.41, 5.74) is 2.79. The van der Waals surface area contributed by atoms with E-state index in [1.165, 1.54) is 5.56 Å². The van der Waals surface area contributed by atoms with Gasteiger partial charge in [0, 0.05) is 19.2 Å². The molecule has 6 nitrogen and oxygen atoms in total. The second kappa shape index (κ2) is 9.13. The lowest BCUT2D eigenvalue weighted by Crippen LogP contribution is -2.28. The number of hydrogen-bond acceptors (Lipinski definition) is 5. The smallest absolute Gasteiger partial charge is 0.270 e. The van der Waals surface area contributed by atoms with Crippen LogP contribution in [0.1, 0.15) is 33.9 Å². The fourth-order valence-electron chi connectivity index (χ4n) is 2.36. The Hall–Kier alpha value is -2.47. The van der Waals surface area contributed by atoms with Crippen LogP contribution in [-0.2, 0) is 6.54 Å². The molecule has 0 saturated heterocycles. The minimum atomic E-state index is -0.164. The summed E-state index contributed by atoms with van der Waals surface area (Å²) in [7, 11) is 4.03. The molecule has 0 atom stereocenters. The van der Waals surface area contributed by atoms with Crippen molar-refractivity contribution < 1.29 is 4.79 Å². The molecule has 6 heteroatoms. The molecule has 2 rings (SSSR count). The molecular formula is C19H27N5O. The number of anilines is 1. The van der Waals surface area contributed by atoms with Gasteiger partial charge in [0.15, 0.2) is 0 Å². The minimum absolute atomic E-state index is 0.164. The van der Waals surface area contributed by atoms with Gasteiger partial charge in [-0.15, -0.1) is 0 Å². The van der Waals surface area contributed by atoms with Gasteiger partial charge in [-0.3, -0.25) is 4.79 Å². The Morgan fingerprint density at radius 1 is 1.12 bits per heavy atom. The van der Waals surface area contributed by atoms with Crippen molar-refractivity contribution in [1.82, 2.24) is 20.2 Å². The van der Waals surface area contributed by atoms with Crippen molar-refractivity contribution in [3.8, 4) is 0 Å². The van der Waals surface area contributed by atoms with Crippen LogP contribution in [0.3, 0.4) is 0 Å². The molecule has 1 heterocycles. The number of aromatic nitrogens is 2. The molecule has 0 aliphatic carbocycles. The number of carbonyl (C=O) groups is 1. The predicted molar refractivity (Wildman–Crippen MR) is 101 cm³/mol. The second-order valence-corrected chi connectivity index (χ2v) is 6.44. The molecule has 134 valence electrons. The summed E-state index contributed by atoms with van der Waals surface area (Å²) < 4.78 is 0. The fourth-order valence-corrected chi connectivity index (χ4v) is 2.36. The maximum Gasteiger partial charge on any atom is 0.270 e. The Morgan fingerprint density at radius 3 is 2.52 bits per heavy atom. The quantitative estimate of drug-likeness (QED) is 0.722. The molecule has 1 amide bonds. The summed E-state index contributed by atoms with van der Waals surface area (Å²) >= 11 is 0. The van der Waals surface area contributed by atoms with Crippen molar-refractivity contribution in [2.24, 2.45) is 0 Å². The van der Waals surface area contributed by atoms with Crippen LogP contribution >= 0.6 is 0 Å². The maximum atomic E-state index is 12.3. The van der Waals surface area contributed by atoms with Crippen LogP contribution in [0.4, 0.5) is 5.82 Å². The van der Waals surface area contributed by atoms with Gasteiger partial charge in [0.2, 0.25) is 0 Å². The van der Waals surface area contributed by atoms with E-state index in [4.69, 9.17) is 0 Å². The van der Waals surface area contributed by atoms with Crippen molar-refractivity contribution >= 4 is 11.7 Å². The number of amides is 1. The van der Waals surface area contributed by atoms with Crippen molar-refractivity contribution in [3.05, 3.63) is 53.0 Å². The third-order valence-corrected chi connectivity index (χ3v) is 3.73. The first-order chi connectivity index (χ1) is 11.9. The number of carbonyl (C=O) groups excluding carboxylic acids is 1. The molecule has 0 fully saturated rings. The molecule has 0 spiro atoms. The summed E-state index contributed by atoms with van der Waals surface area (Å²) in [5, 5.41) is 6.17. The van der Waals surface area contributed by atoms with E-state index in [-0.39, 0.29) is 5.91 Å². The van der Waals surface area contributed by atoms with Crippen molar-refractivity contribution in [3.63, 3.8) is 0 Å². The van der Waals surface area contributed by atoms with E-state index in [2.05, 4.69) is 56.7 Å². The summed E-state index contributed by atoms with van der Waals surface area (Å²) in [5.74, 6) is 1.07. The molecule has 2 aromatic rings. The average Bonchev–Trinajstić information content (AvgIpc) is 2.57. The molecule has 0 unspecified atom stereocenters. The minimum Gasteiger partial charge on any atom is -0.366 e. The van der Waals surface area contributed by atoms with Gasteiger partial charge in [0.05, 0.1) is 0 Å². The van der Waals surface area contributed by atoms with Crippen LogP contribution in [-0.4, -0.2) is 48.0 Å². The third kappa shape index (κ3) is 6.51. The van der Waals surface area contributed by atoms with E-state index in [1.54, 1.807) is 13.0 Å². The molecule has 0 saturated carbocycles. The average molecular weight is 341 g/mol. The van der Waals surface area contributed by atoms with E-state index in [0.717, 1.165) is 18.5 Å². The summed E-state index contributed by atoms with van der Waals surface area (Å²) in [6, 6.07) is 10.0. The van der Waals surface area contributed by atoms with Gasteiger partial charge in [0.1, 0.15) is 17.3 Å².